The van der Waals surface area contributed by atoms with Crippen LogP contribution in [0.3, 0.4) is 0 Å². The summed E-state index contributed by atoms with van der Waals surface area (Å²) in [4.78, 5) is 27.5. The molecule has 1 heterocycles. The van der Waals surface area contributed by atoms with Crippen molar-refractivity contribution in [1.82, 2.24) is 5.48 Å². The molecule has 8 heteroatoms. The topological polar surface area (TPSA) is 64.6 Å². The lowest BCUT2D eigenvalue weighted by atomic mass is 10.1. The maximum atomic E-state index is 12.1. The summed E-state index contributed by atoms with van der Waals surface area (Å²) in [6, 6.07) is 5.83. The highest BCUT2D eigenvalue weighted by atomic mass is 19.4. The minimum Gasteiger partial charge on any atom is -0.414 e. The Kier molecular flexibility index (Phi) is 3.16. The second-order valence-corrected chi connectivity index (χ2v) is 3.44. The Bertz CT molecular complexity index is 565. The first-order chi connectivity index (χ1) is 8.89. The summed E-state index contributed by atoms with van der Waals surface area (Å²) in [5.41, 5.74) is 2.09. The number of ether oxygens (including phenoxy) is 1. The number of carbonyl (C=O) groups excluding carboxylic acids is 2. The monoisotopic (exact) mass is 273 g/mol. The molecule has 1 aliphatic heterocycles. The number of halogens is 3. The fourth-order valence-corrected chi connectivity index (χ4v) is 1.32. The number of nitrogens with one attached hydrogen (secondary N) is 1. The lowest BCUT2D eigenvalue weighted by molar-refractivity contribution is -0.194. The van der Waals surface area contributed by atoms with Crippen LogP contribution in [0.15, 0.2) is 36.2 Å². The zero-order valence-electron chi connectivity index (χ0n) is 9.15. The van der Waals surface area contributed by atoms with Crippen molar-refractivity contribution in [2.45, 2.75) is 6.18 Å². The van der Waals surface area contributed by atoms with Crippen LogP contribution in [0, 0.1) is 0 Å². The van der Waals surface area contributed by atoms with Crippen LogP contribution in [0.25, 0.3) is 0 Å². The summed E-state index contributed by atoms with van der Waals surface area (Å²) in [5, 5.41) is 0. The number of alkyl halides is 3. The molecule has 19 heavy (non-hydrogen) atoms. The molecule has 0 aromatic heterocycles. The Morgan fingerprint density at radius 2 is 1.95 bits per heavy atom. The quantitative estimate of drug-likeness (QED) is 0.789. The SMILES string of the molecule is O=C1C(OC(=O)C(F)(F)F)=CNOc2ccccc21. The number of hydrogen-bond acceptors (Lipinski definition) is 5. The van der Waals surface area contributed by atoms with Crippen molar-refractivity contribution < 1.29 is 32.3 Å². The molecule has 0 atom stereocenters. The number of allylic oxidation sites excluding steroid dienone is 1. The Hall–Kier alpha value is -2.51. The van der Waals surface area contributed by atoms with Gasteiger partial charge in [-0.3, -0.25) is 4.79 Å². The van der Waals surface area contributed by atoms with Gasteiger partial charge in [-0.05, 0) is 12.1 Å². The molecule has 100 valence electrons. The largest absolute Gasteiger partial charge is 0.491 e. The predicted molar refractivity (Wildman–Crippen MR) is 54.8 cm³/mol. The maximum absolute atomic E-state index is 12.1. The molecule has 1 aliphatic rings. The number of carbonyl (C=O) groups is 2. The van der Waals surface area contributed by atoms with Crippen molar-refractivity contribution in [3.63, 3.8) is 0 Å². The molecule has 2 rings (SSSR count). The lowest BCUT2D eigenvalue weighted by Crippen LogP contribution is -2.27. The fraction of sp³-hybridized carbons (Fsp3) is 0.0909. The number of hydrogen-bond donors (Lipinski definition) is 1. The van der Waals surface area contributed by atoms with Gasteiger partial charge in [-0.2, -0.15) is 13.2 Å². The second kappa shape index (κ2) is 4.63. The van der Waals surface area contributed by atoms with Gasteiger partial charge in [-0.25, -0.2) is 10.3 Å². The summed E-state index contributed by atoms with van der Waals surface area (Å²) in [5.74, 6) is -4.06. The first-order valence-electron chi connectivity index (χ1n) is 4.95. The zero-order chi connectivity index (χ0) is 14.0. The third-order valence-electron chi connectivity index (χ3n) is 2.15. The van der Waals surface area contributed by atoms with Crippen LogP contribution in [0.2, 0.25) is 0 Å². The van der Waals surface area contributed by atoms with Crippen LogP contribution in [0.4, 0.5) is 13.2 Å². The van der Waals surface area contributed by atoms with Gasteiger partial charge in [0.1, 0.15) is 0 Å². The molecule has 0 radical (unpaired) electrons. The van der Waals surface area contributed by atoms with E-state index >= 15 is 0 Å². The highest BCUT2D eigenvalue weighted by Crippen LogP contribution is 2.25. The van der Waals surface area contributed by atoms with Crippen LogP contribution in [0.5, 0.6) is 5.75 Å². The van der Waals surface area contributed by atoms with Gasteiger partial charge in [0.25, 0.3) is 0 Å². The summed E-state index contributed by atoms with van der Waals surface area (Å²) in [6.45, 7) is 0. The predicted octanol–water partition coefficient (Wildman–Crippen LogP) is 1.71. The van der Waals surface area contributed by atoms with E-state index in [0.29, 0.717) is 0 Å². The first kappa shape index (κ1) is 12.9. The Labute approximate surface area is 104 Å². The van der Waals surface area contributed by atoms with Crippen molar-refractivity contribution in [2.24, 2.45) is 0 Å². The molecule has 0 bridgehead atoms. The summed E-state index contributed by atoms with van der Waals surface area (Å²) in [7, 11) is 0. The maximum Gasteiger partial charge on any atom is 0.491 e. The Balaban J connectivity index is 2.27. The minimum absolute atomic E-state index is 0.0197. The molecule has 0 saturated heterocycles. The molecule has 0 spiro atoms. The lowest BCUT2D eigenvalue weighted by Gasteiger charge is -2.08. The minimum atomic E-state index is -5.19. The van der Waals surface area contributed by atoms with E-state index in [9.17, 15) is 22.8 Å². The van der Waals surface area contributed by atoms with Gasteiger partial charge in [-0.1, -0.05) is 12.1 Å². The average molecular weight is 273 g/mol. The highest BCUT2D eigenvalue weighted by molar-refractivity contribution is 6.10. The first-order valence-corrected chi connectivity index (χ1v) is 4.95. The summed E-state index contributed by atoms with van der Waals surface area (Å²) >= 11 is 0. The molecule has 1 N–H and O–H groups in total. The van der Waals surface area contributed by atoms with E-state index in [4.69, 9.17) is 4.84 Å². The molecule has 0 amide bonds. The zero-order valence-corrected chi connectivity index (χ0v) is 9.15. The van der Waals surface area contributed by atoms with Gasteiger partial charge >= 0.3 is 12.1 Å². The van der Waals surface area contributed by atoms with Crippen molar-refractivity contribution in [3.05, 3.63) is 41.8 Å². The van der Waals surface area contributed by atoms with Gasteiger partial charge in [0.15, 0.2) is 11.5 Å². The molecule has 5 nitrogen and oxygen atoms in total. The van der Waals surface area contributed by atoms with E-state index in [2.05, 4.69) is 10.2 Å². The molecule has 1 aromatic rings. The van der Waals surface area contributed by atoms with Gasteiger partial charge < -0.3 is 9.57 Å². The van der Waals surface area contributed by atoms with Crippen molar-refractivity contribution >= 4 is 11.8 Å². The van der Waals surface area contributed by atoms with E-state index in [1.807, 2.05) is 0 Å². The van der Waals surface area contributed by atoms with E-state index in [1.54, 1.807) is 6.07 Å². The van der Waals surface area contributed by atoms with Crippen LogP contribution < -0.4 is 10.3 Å². The normalized spacial score (nSPS) is 14.5. The second-order valence-electron chi connectivity index (χ2n) is 3.44. The molecular formula is C11H6F3NO4. The van der Waals surface area contributed by atoms with Gasteiger partial charge in [-0.15, -0.1) is 0 Å². The van der Waals surface area contributed by atoms with Crippen LogP contribution >= 0.6 is 0 Å². The molecular weight excluding hydrogens is 267 g/mol. The summed E-state index contributed by atoms with van der Waals surface area (Å²) in [6.07, 6.45) is -4.44. The number of para-hydroxylation sites is 1. The number of ketones is 1. The van der Waals surface area contributed by atoms with Crippen LogP contribution in [-0.2, 0) is 9.53 Å². The van der Waals surface area contributed by atoms with E-state index in [1.165, 1.54) is 18.2 Å². The van der Waals surface area contributed by atoms with E-state index in [-0.39, 0.29) is 11.3 Å². The highest BCUT2D eigenvalue weighted by Gasteiger charge is 2.42. The number of benzene rings is 1. The molecule has 0 saturated carbocycles. The number of hydroxylamine groups is 1. The molecule has 1 aromatic carbocycles. The fourth-order valence-electron chi connectivity index (χ4n) is 1.32. The van der Waals surface area contributed by atoms with Crippen molar-refractivity contribution in [3.8, 4) is 5.75 Å². The number of Topliss-reactive ketones (excluding diaryl/α,β-unsaturated/α-hetero) is 1. The van der Waals surface area contributed by atoms with Gasteiger partial charge in [0.05, 0.1) is 11.8 Å². The van der Waals surface area contributed by atoms with Gasteiger partial charge in [0.2, 0.25) is 5.78 Å². The van der Waals surface area contributed by atoms with Crippen LogP contribution in [-0.4, -0.2) is 17.9 Å². The third-order valence-corrected chi connectivity index (χ3v) is 2.15. The van der Waals surface area contributed by atoms with E-state index < -0.39 is 23.7 Å². The number of fused-ring (bicyclic) bond motifs is 1. The van der Waals surface area contributed by atoms with Gasteiger partial charge in [0, 0.05) is 0 Å². The summed E-state index contributed by atoms with van der Waals surface area (Å²) < 4.78 is 40.2. The van der Waals surface area contributed by atoms with E-state index in [0.717, 1.165) is 6.20 Å². The standard InChI is InChI=1S/C11H6F3NO4/c12-11(13,14)10(17)18-8-5-15-19-7-4-2-1-3-6(7)9(8)16/h1-5,15H. The number of rotatable bonds is 1. The van der Waals surface area contributed by atoms with Crippen LogP contribution in [0.1, 0.15) is 10.4 Å². The average Bonchev–Trinajstić information content (AvgIpc) is 2.50. The van der Waals surface area contributed by atoms with Crippen molar-refractivity contribution in [2.75, 3.05) is 0 Å². The molecule has 0 aliphatic carbocycles. The molecule has 0 fully saturated rings. The smallest absolute Gasteiger partial charge is 0.414 e. The third kappa shape index (κ3) is 2.67. The molecule has 0 unspecified atom stereocenters. The number of esters is 1. The Morgan fingerprint density at radius 3 is 2.63 bits per heavy atom. The Morgan fingerprint density at radius 1 is 1.26 bits per heavy atom. The van der Waals surface area contributed by atoms with Crippen molar-refractivity contribution in [1.29, 1.82) is 0 Å².